The zero-order valence-corrected chi connectivity index (χ0v) is 19.4. The second-order valence-electron chi connectivity index (χ2n) is 8.11. The largest absolute Gasteiger partial charge is 0.491 e. The van der Waals surface area contributed by atoms with Crippen molar-refractivity contribution in [2.24, 2.45) is 0 Å². The summed E-state index contributed by atoms with van der Waals surface area (Å²) in [6.07, 6.45) is 0.546. The van der Waals surface area contributed by atoms with Gasteiger partial charge in [-0.25, -0.2) is 4.98 Å². The number of ether oxygens (including phenoxy) is 2. The molecule has 1 aliphatic rings. The van der Waals surface area contributed by atoms with Gasteiger partial charge in [-0.05, 0) is 25.0 Å². The Hall–Kier alpha value is -3.65. The normalized spacial score (nSPS) is 13.5. The minimum atomic E-state index is -0.192. The Morgan fingerprint density at radius 1 is 1.12 bits per heavy atom. The fraction of sp³-hybridized carbons (Fsp3) is 0.346. The van der Waals surface area contributed by atoms with Crippen LogP contribution in [0.5, 0.6) is 5.75 Å². The van der Waals surface area contributed by atoms with Gasteiger partial charge in [0.05, 0.1) is 19.8 Å². The molecule has 0 unspecified atom stereocenters. The maximum Gasteiger partial charge on any atom is 0.255 e. The summed E-state index contributed by atoms with van der Waals surface area (Å²) in [5, 5.41) is 2.87. The first-order valence-electron chi connectivity index (χ1n) is 11.6. The molecule has 1 amide bonds. The van der Waals surface area contributed by atoms with Crippen LogP contribution >= 0.6 is 0 Å². The third-order valence-electron chi connectivity index (χ3n) is 5.78. The van der Waals surface area contributed by atoms with Crippen molar-refractivity contribution in [2.75, 3.05) is 44.4 Å². The van der Waals surface area contributed by atoms with E-state index in [-0.39, 0.29) is 17.9 Å². The minimum absolute atomic E-state index is 0.129. The second kappa shape index (κ2) is 11.5. The number of aromatic amines is 1. The molecular weight excluding hydrogens is 432 g/mol. The summed E-state index contributed by atoms with van der Waals surface area (Å²) in [5.41, 5.74) is 3.09. The summed E-state index contributed by atoms with van der Waals surface area (Å²) < 4.78 is 11.3. The maximum atomic E-state index is 12.6. The SMILES string of the molecule is Cc1nc(N2CCOCC2)[nH]c(=O)c1CCC(=O)NCCOc1ccccc1-c1ccccc1. The highest BCUT2D eigenvalue weighted by Crippen LogP contribution is 2.29. The van der Waals surface area contributed by atoms with E-state index in [1.807, 2.05) is 66.4 Å². The molecule has 2 aromatic carbocycles. The Labute approximate surface area is 198 Å². The lowest BCUT2D eigenvalue weighted by Gasteiger charge is -2.27. The van der Waals surface area contributed by atoms with Crippen LogP contribution in [0.1, 0.15) is 17.7 Å². The number of amides is 1. The molecule has 0 atom stereocenters. The number of carbonyl (C=O) groups is 1. The van der Waals surface area contributed by atoms with E-state index >= 15 is 0 Å². The number of anilines is 1. The average Bonchev–Trinajstić information content (AvgIpc) is 2.87. The third kappa shape index (κ3) is 6.02. The van der Waals surface area contributed by atoms with Crippen molar-refractivity contribution in [3.8, 4) is 16.9 Å². The highest BCUT2D eigenvalue weighted by atomic mass is 16.5. The molecule has 0 spiro atoms. The molecule has 178 valence electrons. The van der Waals surface area contributed by atoms with E-state index in [1.165, 1.54) is 0 Å². The number of aryl methyl sites for hydroxylation is 1. The predicted octanol–water partition coefficient (Wildman–Crippen LogP) is 2.71. The van der Waals surface area contributed by atoms with Gasteiger partial charge in [0, 0.05) is 36.3 Å². The number of morpholine rings is 1. The first-order valence-corrected chi connectivity index (χ1v) is 11.6. The van der Waals surface area contributed by atoms with Crippen LogP contribution in [0, 0.1) is 6.92 Å². The van der Waals surface area contributed by atoms with E-state index < -0.39 is 0 Å². The lowest BCUT2D eigenvalue weighted by atomic mass is 10.1. The van der Waals surface area contributed by atoms with E-state index in [1.54, 1.807) is 0 Å². The molecule has 4 rings (SSSR count). The number of aromatic nitrogens is 2. The summed E-state index contributed by atoms with van der Waals surface area (Å²) in [6, 6.07) is 17.9. The molecule has 2 N–H and O–H groups in total. The third-order valence-corrected chi connectivity index (χ3v) is 5.78. The molecule has 1 fully saturated rings. The Kier molecular flexibility index (Phi) is 7.93. The number of rotatable bonds is 9. The van der Waals surface area contributed by atoms with E-state index in [9.17, 15) is 9.59 Å². The van der Waals surface area contributed by atoms with Crippen LogP contribution in [-0.2, 0) is 16.0 Å². The quantitative estimate of drug-likeness (QED) is 0.475. The van der Waals surface area contributed by atoms with E-state index in [0.717, 1.165) is 16.9 Å². The van der Waals surface area contributed by atoms with Gasteiger partial charge in [-0.3, -0.25) is 14.6 Å². The van der Waals surface area contributed by atoms with Crippen LogP contribution in [0.2, 0.25) is 0 Å². The van der Waals surface area contributed by atoms with Crippen LogP contribution < -0.4 is 20.5 Å². The Balaban J connectivity index is 1.25. The number of nitrogens with one attached hydrogen (secondary N) is 2. The van der Waals surface area contributed by atoms with E-state index in [0.29, 0.717) is 63.1 Å². The van der Waals surface area contributed by atoms with Crippen LogP contribution in [0.25, 0.3) is 11.1 Å². The monoisotopic (exact) mass is 462 g/mol. The van der Waals surface area contributed by atoms with Gasteiger partial charge in [0.1, 0.15) is 12.4 Å². The Bertz CT molecular complexity index is 1160. The summed E-state index contributed by atoms with van der Waals surface area (Å²) in [4.78, 5) is 34.3. The highest BCUT2D eigenvalue weighted by molar-refractivity contribution is 5.76. The van der Waals surface area contributed by atoms with Gasteiger partial charge in [-0.1, -0.05) is 48.5 Å². The minimum Gasteiger partial charge on any atom is -0.491 e. The number of nitrogens with zero attached hydrogens (tertiary/aromatic N) is 2. The first-order chi connectivity index (χ1) is 16.6. The summed E-state index contributed by atoms with van der Waals surface area (Å²) in [5.74, 6) is 1.21. The highest BCUT2D eigenvalue weighted by Gasteiger charge is 2.16. The molecule has 1 aliphatic heterocycles. The predicted molar refractivity (Wildman–Crippen MR) is 131 cm³/mol. The standard InChI is InChI=1S/C26H30N4O4/c1-19-21(25(32)29-26(28-19)30-14-17-33-18-15-30)11-12-24(31)27-13-16-34-23-10-6-5-9-22(23)20-7-3-2-4-8-20/h2-10H,11-18H2,1H3,(H,27,31)(H,28,29,32). The topological polar surface area (TPSA) is 96.6 Å². The van der Waals surface area contributed by atoms with Crippen LogP contribution in [0.15, 0.2) is 59.4 Å². The van der Waals surface area contributed by atoms with Crippen LogP contribution in [0.4, 0.5) is 5.95 Å². The van der Waals surface area contributed by atoms with Crippen molar-refractivity contribution < 1.29 is 14.3 Å². The molecule has 8 heteroatoms. The van der Waals surface area contributed by atoms with Gasteiger partial charge in [0.2, 0.25) is 11.9 Å². The number of carbonyl (C=O) groups excluding carboxylic acids is 1. The van der Waals surface area contributed by atoms with Crippen LogP contribution in [0.3, 0.4) is 0 Å². The number of para-hydroxylation sites is 1. The first kappa shape index (κ1) is 23.5. The van der Waals surface area contributed by atoms with Gasteiger partial charge < -0.3 is 19.7 Å². The molecular formula is C26H30N4O4. The fourth-order valence-electron chi connectivity index (χ4n) is 3.94. The zero-order chi connectivity index (χ0) is 23.8. The van der Waals surface area contributed by atoms with Crippen molar-refractivity contribution in [2.45, 2.75) is 19.8 Å². The van der Waals surface area contributed by atoms with Crippen molar-refractivity contribution >= 4 is 11.9 Å². The van der Waals surface area contributed by atoms with Gasteiger partial charge >= 0.3 is 0 Å². The lowest BCUT2D eigenvalue weighted by Crippen LogP contribution is -2.38. The molecule has 2 heterocycles. The molecule has 34 heavy (non-hydrogen) atoms. The van der Waals surface area contributed by atoms with Crippen LogP contribution in [-0.4, -0.2) is 55.3 Å². The smallest absolute Gasteiger partial charge is 0.255 e. The molecule has 0 saturated carbocycles. The lowest BCUT2D eigenvalue weighted by molar-refractivity contribution is -0.121. The summed E-state index contributed by atoms with van der Waals surface area (Å²) >= 11 is 0. The Morgan fingerprint density at radius 2 is 1.85 bits per heavy atom. The molecule has 1 saturated heterocycles. The van der Waals surface area contributed by atoms with E-state index in [2.05, 4.69) is 15.3 Å². The summed E-state index contributed by atoms with van der Waals surface area (Å²) in [6.45, 7) is 5.17. The van der Waals surface area contributed by atoms with Gasteiger partial charge in [-0.2, -0.15) is 0 Å². The number of hydrogen-bond donors (Lipinski definition) is 2. The molecule has 0 radical (unpaired) electrons. The Morgan fingerprint density at radius 3 is 2.62 bits per heavy atom. The second-order valence-corrected chi connectivity index (χ2v) is 8.11. The number of hydrogen-bond acceptors (Lipinski definition) is 6. The average molecular weight is 463 g/mol. The van der Waals surface area contributed by atoms with Crippen molar-refractivity contribution in [1.29, 1.82) is 0 Å². The molecule has 0 aliphatic carbocycles. The molecule has 3 aromatic rings. The number of H-pyrrole nitrogens is 1. The van der Waals surface area contributed by atoms with Gasteiger partial charge in [0.25, 0.3) is 5.56 Å². The van der Waals surface area contributed by atoms with Crippen molar-refractivity contribution in [3.05, 3.63) is 76.2 Å². The van der Waals surface area contributed by atoms with Gasteiger partial charge in [0.15, 0.2) is 0 Å². The molecule has 8 nitrogen and oxygen atoms in total. The maximum absolute atomic E-state index is 12.6. The summed E-state index contributed by atoms with van der Waals surface area (Å²) in [7, 11) is 0. The fourth-order valence-corrected chi connectivity index (χ4v) is 3.94. The van der Waals surface area contributed by atoms with E-state index in [4.69, 9.17) is 9.47 Å². The molecule has 1 aromatic heterocycles. The number of benzene rings is 2. The van der Waals surface area contributed by atoms with Gasteiger partial charge in [-0.15, -0.1) is 0 Å². The molecule has 0 bridgehead atoms. The van der Waals surface area contributed by atoms with Crippen molar-refractivity contribution in [3.63, 3.8) is 0 Å². The zero-order valence-electron chi connectivity index (χ0n) is 19.4. The van der Waals surface area contributed by atoms with Crippen molar-refractivity contribution in [1.82, 2.24) is 15.3 Å².